The largest absolute Gasteiger partial charge is 0.508 e. The second-order valence-corrected chi connectivity index (χ2v) is 9.67. The standard InChI is InChI=1S/C10H12Cl3NO4S3/c1-4(18-8(16)17-3-10(11,12)13)5-6(15)14-7(5)21-9(19)20-2/h4-5,7H,3H2,1-2H3,(H,14,15). The van der Waals surface area contributed by atoms with Gasteiger partial charge in [-0.15, -0.1) is 11.8 Å². The van der Waals surface area contributed by atoms with Crippen molar-refractivity contribution in [1.29, 1.82) is 0 Å². The Hall–Kier alpha value is 0.400. The van der Waals surface area contributed by atoms with Crippen LogP contribution in [0.4, 0.5) is 4.79 Å². The first-order valence-electron chi connectivity index (χ1n) is 5.59. The summed E-state index contributed by atoms with van der Waals surface area (Å²) < 4.78 is 8.63. The van der Waals surface area contributed by atoms with Crippen LogP contribution in [0, 0.1) is 5.92 Å². The molecule has 1 N–H and O–H groups in total. The molecular weight excluding hydrogens is 401 g/mol. The minimum atomic E-state index is -1.71. The van der Waals surface area contributed by atoms with E-state index in [-0.39, 0.29) is 11.3 Å². The van der Waals surface area contributed by atoms with Crippen molar-refractivity contribution in [2.24, 2.45) is 5.92 Å². The molecule has 1 heterocycles. The van der Waals surface area contributed by atoms with Gasteiger partial charge >= 0.3 is 6.16 Å². The summed E-state index contributed by atoms with van der Waals surface area (Å²) >= 11 is 24.2. The van der Waals surface area contributed by atoms with Crippen LogP contribution >= 0.6 is 70.5 Å². The van der Waals surface area contributed by atoms with Crippen molar-refractivity contribution in [1.82, 2.24) is 5.32 Å². The first-order chi connectivity index (χ1) is 9.64. The van der Waals surface area contributed by atoms with Crippen LogP contribution in [0.25, 0.3) is 0 Å². The van der Waals surface area contributed by atoms with Gasteiger partial charge in [-0.25, -0.2) is 4.79 Å². The molecule has 0 aromatic carbocycles. The van der Waals surface area contributed by atoms with Gasteiger partial charge in [-0.2, -0.15) is 0 Å². The van der Waals surface area contributed by atoms with Crippen molar-refractivity contribution in [2.45, 2.75) is 22.2 Å². The number of thiocarbonyl (C=S) groups is 1. The predicted octanol–water partition coefficient (Wildman–Crippen LogP) is 3.35. The number of carbonyl (C=O) groups excluding carboxylic acids is 2. The summed E-state index contributed by atoms with van der Waals surface area (Å²) in [6, 6.07) is 0. The third kappa shape index (κ3) is 6.58. The Morgan fingerprint density at radius 2 is 2.14 bits per heavy atom. The number of rotatable bonds is 4. The van der Waals surface area contributed by atoms with Gasteiger partial charge in [-0.1, -0.05) is 58.8 Å². The topological polar surface area (TPSA) is 64.6 Å². The molecule has 1 saturated heterocycles. The van der Waals surface area contributed by atoms with Gasteiger partial charge in [-0.3, -0.25) is 4.79 Å². The fourth-order valence-electron chi connectivity index (χ4n) is 1.48. The number of nitrogens with one attached hydrogen (secondary N) is 1. The highest BCUT2D eigenvalue weighted by Crippen LogP contribution is 2.33. The summed E-state index contributed by atoms with van der Waals surface area (Å²) in [6.07, 6.45) is 0.173. The van der Waals surface area contributed by atoms with Crippen LogP contribution in [-0.2, 0) is 14.3 Å². The zero-order chi connectivity index (χ0) is 16.2. The SMILES string of the molecule is CSC(=S)SC1NC(=O)C1C(C)OC(=O)OCC(Cl)(Cl)Cl. The molecule has 0 bridgehead atoms. The molecule has 120 valence electrons. The van der Waals surface area contributed by atoms with E-state index in [2.05, 4.69) is 10.1 Å². The number of hydrogen-bond donors (Lipinski definition) is 1. The van der Waals surface area contributed by atoms with Crippen LogP contribution in [0.1, 0.15) is 6.92 Å². The molecule has 0 aliphatic carbocycles. The molecule has 11 heteroatoms. The van der Waals surface area contributed by atoms with Gasteiger partial charge in [0, 0.05) is 0 Å². The Kier molecular flexibility index (Phi) is 7.69. The van der Waals surface area contributed by atoms with Crippen LogP contribution < -0.4 is 5.32 Å². The maximum Gasteiger partial charge on any atom is 0.508 e. The molecule has 1 fully saturated rings. The van der Waals surface area contributed by atoms with Gasteiger partial charge in [0.2, 0.25) is 9.70 Å². The van der Waals surface area contributed by atoms with E-state index >= 15 is 0 Å². The molecule has 1 aliphatic rings. The molecule has 3 unspecified atom stereocenters. The summed E-state index contributed by atoms with van der Waals surface area (Å²) in [5.74, 6) is -0.710. The minimum absolute atomic E-state index is 0.210. The van der Waals surface area contributed by atoms with Gasteiger partial charge in [-0.05, 0) is 13.2 Å². The molecule has 1 rings (SSSR count). The molecule has 21 heavy (non-hydrogen) atoms. The van der Waals surface area contributed by atoms with Crippen molar-refractivity contribution >= 4 is 86.1 Å². The van der Waals surface area contributed by atoms with Crippen LogP contribution in [-0.4, -0.2) is 43.7 Å². The number of thioether (sulfide) groups is 2. The van der Waals surface area contributed by atoms with E-state index in [0.29, 0.717) is 3.53 Å². The number of ether oxygens (including phenoxy) is 2. The quantitative estimate of drug-likeness (QED) is 0.329. The molecular formula is C10H12Cl3NO4S3. The van der Waals surface area contributed by atoms with Gasteiger partial charge in [0.15, 0.2) is 0 Å². The molecule has 5 nitrogen and oxygen atoms in total. The van der Waals surface area contributed by atoms with E-state index in [1.165, 1.54) is 23.5 Å². The second-order valence-electron chi connectivity index (χ2n) is 4.00. The first-order valence-corrected chi connectivity index (χ1v) is 9.24. The summed E-state index contributed by atoms with van der Waals surface area (Å²) in [5, 5.41) is 2.47. The van der Waals surface area contributed by atoms with Crippen LogP contribution in [0.3, 0.4) is 0 Å². The normalized spacial score (nSPS) is 22.8. The predicted molar refractivity (Wildman–Crippen MR) is 91.3 cm³/mol. The monoisotopic (exact) mass is 411 g/mol. The van der Waals surface area contributed by atoms with E-state index in [0.717, 1.165) is 0 Å². The van der Waals surface area contributed by atoms with Crippen LogP contribution in [0.5, 0.6) is 0 Å². The molecule has 3 atom stereocenters. The minimum Gasteiger partial charge on any atom is -0.430 e. The van der Waals surface area contributed by atoms with E-state index in [1.807, 2.05) is 6.26 Å². The van der Waals surface area contributed by atoms with Crippen molar-refractivity contribution in [3.63, 3.8) is 0 Å². The van der Waals surface area contributed by atoms with Crippen molar-refractivity contribution in [3.05, 3.63) is 0 Å². The van der Waals surface area contributed by atoms with E-state index in [9.17, 15) is 9.59 Å². The molecule has 0 radical (unpaired) electrons. The Bertz CT molecular complexity index is 432. The number of carbonyl (C=O) groups is 2. The highest BCUT2D eigenvalue weighted by atomic mass is 35.6. The van der Waals surface area contributed by atoms with Gasteiger partial charge in [0.05, 0.1) is 5.37 Å². The Labute approximate surface area is 151 Å². The third-order valence-electron chi connectivity index (χ3n) is 2.44. The van der Waals surface area contributed by atoms with Crippen molar-refractivity contribution in [2.75, 3.05) is 12.9 Å². The second kappa shape index (κ2) is 8.31. The molecule has 0 saturated carbocycles. The number of amides is 1. The van der Waals surface area contributed by atoms with E-state index in [4.69, 9.17) is 51.8 Å². The third-order valence-corrected chi connectivity index (χ3v) is 5.54. The van der Waals surface area contributed by atoms with Gasteiger partial charge in [0.1, 0.15) is 22.2 Å². The average molecular weight is 413 g/mol. The van der Waals surface area contributed by atoms with E-state index < -0.39 is 28.6 Å². The molecule has 0 aromatic heterocycles. The van der Waals surface area contributed by atoms with Crippen molar-refractivity contribution in [3.8, 4) is 0 Å². The lowest BCUT2D eigenvalue weighted by Crippen LogP contribution is -2.61. The van der Waals surface area contributed by atoms with E-state index in [1.54, 1.807) is 6.92 Å². The first kappa shape index (κ1) is 19.4. The molecule has 1 amide bonds. The van der Waals surface area contributed by atoms with Crippen LogP contribution in [0.2, 0.25) is 0 Å². The fraction of sp³-hybridized carbons (Fsp3) is 0.700. The lowest BCUT2D eigenvalue weighted by molar-refractivity contribution is -0.137. The molecule has 1 aliphatic heterocycles. The highest BCUT2D eigenvalue weighted by molar-refractivity contribution is 8.47. The molecule has 0 aromatic rings. The Morgan fingerprint density at radius 3 is 2.62 bits per heavy atom. The molecule has 0 spiro atoms. The highest BCUT2D eigenvalue weighted by Gasteiger charge is 2.45. The summed E-state index contributed by atoms with van der Waals surface area (Å²) in [5.41, 5.74) is 0. The summed E-state index contributed by atoms with van der Waals surface area (Å²) in [6.45, 7) is 1.16. The van der Waals surface area contributed by atoms with Crippen LogP contribution in [0.15, 0.2) is 0 Å². The number of alkyl halides is 3. The lowest BCUT2D eigenvalue weighted by atomic mass is 9.96. The van der Waals surface area contributed by atoms with Crippen molar-refractivity contribution < 1.29 is 19.1 Å². The number of halogens is 3. The zero-order valence-electron chi connectivity index (χ0n) is 10.9. The Morgan fingerprint density at radius 1 is 1.52 bits per heavy atom. The smallest absolute Gasteiger partial charge is 0.430 e. The maximum atomic E-state index is 11.6. The fourth-order valence-corrected chi connectivity index (χ4v) is 3.53. The zero-order valence-corrected chi connectivity index (χ0v) is 15.6. The van der Waals surface area contributed by atoms with Gasteiger partial charge < -0.3 is 14.8 Å². The maximum absolute atomic E-state index is 11.6. The lowest BCUT2D eigenvalue weighted by Gasteiger charge is -2.38. The summed E-state index contributed by atoms with van der Waals surface area (Å²) in [7, 11) is 0. The number of β-lactam (4-membered cyclic amide) rings is 1. The number of hydrogen-bond acceptors (Lipinski definition) is 7. The summed E-state index contributed by atoms with van der Waals surface area (Å²) in [4.78, 5) is 23.0. The van der Waals surface area contributed by atoms with Gasteiger partial charge in [0.25, 0.3) is 0 Å². The Balaban J connectivity index is 2.46. The average Bonchev–Trinajstić information content (AvgIpc) is 2.34.